The van der Waals surface area contributed by atoms with E-state index >= 15 is 0 Å². The van der Waals surface area contributed by atoms with Gasteiger partial charge in [-0.3, -0.25) is 4.79 Å². The molecule has 0 spiro atoms. The zero-order valence-electron chi connectivity index (χ0n) is 11.6. The number of ether oxygens (including phenoxy) is 2. The first-order chi connectivity index (χ1) is 10.3. The Balaban J connectivity index is 1.80. The van der Waals surface area contributed by atoms with E-state index in [1.54, 1.807) is 42.5 Å². The molecule has 0 aliphatic rings. The largest absolute Gasteiger partial charge is 0.490 e. The quantitative estimate of drug-likeness (QED) is 0.793. The van der Waals surface area contributed by atoms with Crippen molar-refractivity contribution >= 4 is 11.6 Å². The fourth-order valence-electron chi connectivity index (χ4n) is 1.65. The van der Waals surface area contributed by atoms with Gasteiger partial charge in [-0.2, -0.15) is 0 Å². The van der Waals surface area contributed by atoms with Crippen LogP contribution in [-0.4, -0.2) is 19.1 Å². The van der Waals surface area contributed by atoms with Gasteiger partial charge < -0.3 is 14.8 Å². The van der Waals surface area contributed by atoms with Crippen LogP contribution in [0.2, 0.25) is 0 Å². The van der Waals surface area contributed by atoms with E-state index in [9.17, 15) is 4.79 Å². The fourth-order valence-corrected chi connectivity index (χ4v) is 1.65. The summed E-state index contributed by atoms with van der Waals surface area (Å²) in [5, 5.41) is 2.76. The first kappa shape index (κ1) is 14.7. The van der Waals surface area contributed by atoms with Gasteiger partial charge in [0.15, 0.2) is 6.61 Å². The van der Waals surface area contributed by atoms with Crippen LogP contribution in [0.5, 0.6) is 11.5 Å². The number of rotatable bonds is 7. The molecule has 4 nitrogen and oxygen atoms in total. The van der Waals surface area contributed by atoms with Crippen molar-refractivity contribution in [1.82, 2.24) is 0 Å². The molecule has 0 unspecified atom stereocenters. The lowest BCUT2D eigenvalue weighted by Gasteiger charge is -2.08. The summed E-state index contributed by atoms with van der Waals surface area (Å²) in [7, 11) is 0. The van der Waals surface area contributed by atoms with Gasteiger partial charge in [-0.05, 0) is 36.4 Å². The third-order valence-corrected chi connectivity index (χ3v) is 2.62. The van der Waals surface area contributed by atoms with Crippen molar-refractivity contribution in [2.24, 2.45) is 0 Å². The van der Waals surface area contributed by atoms with Crippen molar-refractivity contribution in [3.63, 3.8) is 0 Å². The molecule has 0 aliphatic heterocycles. The van der Waals surface area contributed by atoms with Crippen LogP contribution in [0.1, 0.15) is 0 Å². The molecule has 0 aliphatic carbocycles. The summed E-state index contributed by atoms with van der Waals surface area (Å²) in [4.78, 5) is 11.8. The van der Waals surface area contributed by atoms with Crippen LogP contribution in [0.4, 0.5) is 5.69 Å². The topological polar surface area (TPSA) is 47.6 Å². The molecule has 2 rings (SSSR count). The Morgan fingerprint density at radius 1 is 1.00 bits per heavy atom. The van der Waals surface area contributed by atoms with Crippen LogP contribution in [0, 0.1) is 0 Å². The molecule has 1 N–H and O–H groups in total. The number of nitrogens with one attached hydrogen (secondary N) is 1. The van der Waals surface area contributed by atoms with Crippen molar-refractivity contribution in [2.45, 2.75) is 0 Å². The van der Waals surface area contributed by atoms with Gasteiger partial charge >= 0.3 is 0 Å². The Labute approximate surface area is 124 Å². The number of carbonyl (C=O) groups is 1. The third-order valence-electron chi connectivity index (χ3n) is 2.62. The van der Waals surface area contributed by atoms with E-state index in [1.165, 1.54) is 0 Å². The second kappa shape index (κ2) is 7.75. The summed E-state index contributed by atoms with van der Waals surface area (Å²) in [5.41, 5.74) is 0.697. The zero-order valence-corrected chi connectivity index (χ0v) is 11.6. The lowest BCUT2D eigenvalue weighted by molar-refractivity contribution is -0.118. The van der Waals surface area contributed by atoms with E-state index < -0.39 is 0 Å². The van der Waals surface area contributed by atoms with Crippen molar-refractivity contribution in [3.8, 4) is 11.5 Å². The highest BCUT2D eigenvalue weighted by molar-refractivity contribution is 5.91. The average molecular weight is 283 g/mol. The molecule has 108 valence electrons. The summed E-state index contributed by atoms with van der Waals surface area (Å²) in [6.45, 7) is 4.01. The first-order valence-corrected chi connectivity index (χ1v) is 6.59. The van der Waals surface area contributed by atoms with Gasteiger partial charge in [0.25, 0.3) is 5.91 Å². The Bertz CT molecular complexity index is 579. The van der Waals surface area contributed by atoms with Crippen molar-refractivity contribution in [2.75, 3.05) is 18.5 Å². The van der Waals surface area contributed by atoms with Gasteiger partial charge in [-0.1, -0.05) is 30.9 Å². The molecule has 0 atom stereocenters. The molecule has 0 saturated heterocycles. The molecule has 21 heavy (non-hydrogen) atoms. The smallest absolute Gasteiger partial charge is 0.262 e. The predicted molar refractivity (Wildman–Crippen MR) is 82.7 cm³/mol. The van der Waals surface area contributed by atoms with Gasteiger partial charge in [0.2, 0.25) is 0 Å². The Morgan fingerprint density at radius 3 is 2.33 bits per heavy atom. The standard InChI is InChI=1S/C17H17NO3/c1-2-12-20-16-10-8-14(9-11-16)18-17(19)13-21-15-6-4-3-5-7-15/h2-11H,1,12-13H2,(H,18,19). The molecule has 0 aromatic heterocycles. The molecule has 0 fully saturated rings. The highest BCUT2D eigenvalue weighted by Crippen LogP contribution is 2.15. The molecule has 2 aromatic rings. The van der Waals surface area contributed by atoms with Crippen LogP contribution in [-0.2, 0) is 4.79 Å². The Hall–Kier alpha value is -2.75. The molecule has 1 amide bonds. The van der Waals surface area contributed by atoms with Crippen LogP contribution in [0.15, 0.2) is 67.3 Å². The van der Waals surface area contributed by atoms with E-state index in [0.717, 1.165) is 5.75 Å². The number of hydrogen-bond donors (Lipinski definition) is 1. The van der Waals surface area contributed by atoms with E-state index in [1.807, 2.05) is 18.2 Å². The summed E-state index contributed by atoms with van der Waals surface area (Å²) in [5.74, 6) is 1.19. The molecule has 0 radical (unpaired) electrons. The lowest BCUT2D eigenvalue weighted by atomic mass is 10.3. The summed E-state index contributed by atoms with van der Waals surface area (Å²) < 4.78 is 10.7. The highest BCUT2D eigenvalue weighted by atomic mass is 16.5. The SMILES string of the molecule is C=CCOc1ccc(NC(=O)COc2ccccc2)cc1. The molecule has 0 bridgehead atoms. The normalized spacial score (nSPS) is 9.71. The van der Waals surface area contributed by atoms with Crippen LogP contribution in [0.25, 0.3) is 0 Å². The number of benzene rings is 2. The van der Waals surface area contributed by atoms with Crippen LogP contribution < -0.4 is 14.8 Å². The van der Waals surface area contributed by atoms with E-state index in [-0.39, 0.29) is 12.5 Å². The molecular formula is C17H17NO3. The minimum atomic E-state index is -0.210. The number of hydrogen-bond acceptors (Lipinski definition) is 3. The van der Waals surface area contributed by atoms with Crippen molar-refractivity contribution in [3.05, 3.63) is 67.3 Å². The molecule has 0 saturated carbocycles. The van der Waals surface area contributed by atoms with Gasteiger partial charge in [-0.25, -0.2) is 0 Å². The second-order valence-corrected chi connectivity index (χ2v) is 4.27. The minimum Gasteiger partial charge on any atom is -0.490 e. The Kier molecular flexibility index (Phi) is 5.41. The lowest BCUT2D eigenvalue weighted by Crippen LogP contribution is -2.20. The number of anilines is 1. The summed E-state index contributed by atoms with van der Waals surface area (Å²) in [6, 6.07) is 16.3. The van der Waals surface area contributed by atoms with E-state index in [0.29, 0.717) is 18.0 Å². The second-order valence-electron chi connectivity index (χ2n) is 4.27. The predicted octanol–water partition coefficient (Wildman–Crippen LogP) is 3.27. The molecule has 0 heterocycles. The number of para-hydroxylation sites is 1. The highest BCUT2D eigenvalue weighted by Gasteiger charge is 2.03. The summed E-state index contributed by atoms with van der Waals surface area (Å²) in [6.07, 6.45) is 1.68. The van der Waals surface area contributed by atoms with Gasteiger partial charge in [-0.15, -0.1) is 0 Å². The molecular weight excluding hydrogens is 266 g/mol. The zero-order chi connectivity index (χ0) is 14.9. The van der Waals surface area contributed by atoms with E-state index in [4.69, 9.17) is 9.47 Å². The molecule has 4 heteroatoms. The van der Waals surface area contributed by atoms with Gasteiger partial charge in [0.05, 0.1) is 0 Å². The first-order valence-electron chi connectivity index (χ1n) is 6.59. The van der Waals surface area contributed by atoms with Crippen LogP contribution >= 0.6 is 0 Å². The maximum Gasteiger partial charge on any atom is 0.262 e. The van der Waals surface area contributed by atoms with Crippen molar-refractivity contribution < 1.29 is 14.3 Å². The van der Waals surface area contributed by atoms with E-state index in [2.05, 4.69) is 11.9 Å². The van der Waals surface area contributed by atoms with Gasteiger partial charge in [0.1, 0.15) is 18.1 Å². The monoisotopic (exact) mass is 283 g/mol. The van der Waals surface area contributed by atoms with Crippen LogP contribution in [0.3, 0.4) is 0 Å². The fraction of sp³-hybridized carbons (Fsp3) is 0.118. The Morgan fingerprint density at radius 2 is 1.67 bits per heavy atom. The molecule has 2 aromatic carbocycles. The van der Waals surface area contributed by atoms with Gasteiger partial charge in [0, 0.05) is 5.69 Å². The average Bonchev–Trinajstić information content (AvgIpc) is 2.53. The summed E-state index contributed by atoms with van der Waals surface area (Å²) >= 11 is 0. The number of amides is 1. The maximum absolute atomic E-state index is 11.8. The minimum absolute atomic E-state index is 0.0290. The van der Waals surface area contributed by atoms with Crippen molar-refractivity contribution in [1.29, 1.82) is 0 Å². The number of carbonyl (C=O) groups excluding carboxylic acids is 1. The maximum atomic E-state index is 11.8. The third kappa shape index (κ3) is 5.03.